The van der Waals surface area contributed by atoms with Crippen LogP contribution in [0.5, 0.6) is 5.75 Å². The minimum atomic E-state index is -0.385. The summed E-state index contributed by atoms with van der Waals surface area (Å²) >= 11 is 0. The zero-order valence-corrected chi connectivity index (χ0v) is 17.0. The Morgan fingerprint density at radius 1 is 1.13 bits per heavy atom. The molecular weight excluding hydrogens is 382 g/mol. The van der Waals surface area contributed by atoms with Crippen LogP contribution in [0.4, 0.5) is 16.2 Å². The Bertz CT molecular complexity index is 930. The maximum atomic E-state index is 12.6. The Kier molecular flexibility index (Phi) is 4.90. The molecule has 7 heteroatoms. The first-order chi connectivity index (χ1) is 14.6. The predicted octanol–water partition coefficient (Wildman–Crippen LogP) is 2.82. The van der Waals surface area contributed by atoms with E-state index < -0.39 is 0 Å². The number of fused-ring (bicyclic) bond motifs is 1. The number of benzene rings is 2. The summed E-state index contributed by atoms with van der Waals surface area (Å²) in [5, 5.41) is 0. The topological polar surface area (TPSA) is 77.3 Å². The van der Waals surface area contributed by atoms with Crippen LogP contribution in [0.3, 0.4) is 0 Å². The molecule has 2 saturated heterocycles. The summed E-state index contributed by atoms with van der Waals surface area (Å²) in [6, 6.07) is 13.8. The van der Waals surface area contributed by atoms with E-state index in [9.17, 15) is 4.79 Å². The van der Waals surface area contributed by atoms with Crippen LogP contribution in [0.15, 0.2) is 42.5 Å². The summed E-state index contributed by atoms with van der Waals surface area (Å²) in [5.74, 6) is 0.880. The van der Waals surface area contributed by atoms with Crippen molar-refractivity contribution in [1.29, 1.82) is 0 Å². The first kappa shape index (κ1) is 19.1. The Labute approximate surface area is 176 Å². The van der Waals surface area contributed by atoms with Gasteiger partial charge < -0.3 is 29.7 Å². The molecule has 158 valence electrons. The van der Waals surface area contributed by atoms with E-state index in [0.29, 0.717) is 26.3 Å². The summed E-state index contributed by atoms with van der Waals surface area (Å²) < 4.78 is 17.4. The number of carbonyl (C=O) groups excluding carboxylic acids is 1. The highest BCUT2D eigenvalue weighted by molar-refractivity contribution is 5.73. The quantitative estimate of drug-likeness (QED) is 0.786. The zero-order valence-electron chi connectivity index (χ0n) is 17.0. The largest absolute Gasteiger partial charge is 0.485 e. The highest BCUT2D eigenvalue weighted by atomic mass is 16.6. The maximum absolute atomic E-state index is 12.6. The summed E-state index contributed by atoms with van der Waals surface area (Å²) in [5.41, 5.74) is 9.85. The smallest absolute Gasteiger partial charge is 0.410 e. The third-order valence-corrected chi connectivity index (χ3v) is 6.18. The fraction of sp³-hybridized carbons (Fsp3) is 0.435. The second kappa shape index (κ2) is 7.72. The molecule has 1 unspecified atom stereocenters. The van der Waals surface area contributed by atoms with Gasteiger partial charge >= 0.3 is 6.09 Å². The molecule has 0 aliphatic carbocycles. The van der Waals surface area contributed by atoms with Crippen molar-refractivity contribution < 1.29 is 19.0 Å². The van der Waals surface area contributed by atoms with E-state index in [2.05, 4.69) is 11.0 Å². The number of hydrogen-bond donors (Lipinski definition) is 1. The van der Waals surface area contributed by atoms with E-state index in [1.807, 2.05) is 36.4 Å². The average molecular weight is 409 g/mol. The van der Waals surface area contributed by atoms with Crippen molar-refractivity contribution in [3.05, 3.63) is 53.6 Å². The molecular formula is C23H27N3O4. The third-order valence-electron chi connectivity index (χ3n) is 6.18. The van der Waals surface area contributed by atoms with Crippen molar-refractivity contribution in [2.45, 2.75) is 25.0 Å². The minimum absolute atomic E-state index is 0.281. The fourth-order valence-corrected chi connectivity index (χ4v) is 4.60. The number of nitrogens with two attached hydrogens (primary N) is 1. The molecule has 0 aromatic heterocycles. The molecule has 3 aliphatic rings. The number of carbonyl (C=O) groups is 1. The number of likely N-dealkylation sites (tertiary alicyclic amines) is 1. The van der Waals surface area contributed by atoms with Gasteiger partial charge in [-0.15, -0.1) is 0 Å². The van der Waals surface area contributed by atoms with Crippen molar-refractivity contribution in [1.82, 2.24) is 4.90 Å². The molecule has 5 rings (SSSR count). The zero-order chi connectivity index (χ0) is 20.6. The SMILES string of the molecule is Nc1cc2c(cc1N1CCOCC1)OC1(CCN(C(=O)OCc3ccccc3)C1)C2. The maximum Gasteiger partial charge on any atom is 0.410 e. The van der Waals surface area contributed by atoms with Crippen LogP contribution >= 0.6 is 0 Å². The Morgan fingerprint density at radius 3 is 2.73 bits per heavy atom. The lowest BCUT2D eigenvalue weighted by Gasteiger charge is -2.30. The Hall–Kier alpha value is -2.93. The minimum Gasteiger partial charge on any atom is -0.485 e. The normalized spacial score (nSPS) is 22.8. The van der Waals surface area contributed by atoms with Crippen LogP contribution in [0.2, 0.25) is 0 Å². The summed E-state index contributed by atoms with van der Waals surface area (Å²) in [6.07, 6.45) is 1.26. The molecule has 2 N–H and O–H groups in total. The van der Waals surface area contributed by atoms with E-state index in [4.69, 9.17) is 19.9 Å². The number of anilines is 2. The number of amides is 1. The summed E-state index contributed by atoms with van der Waals surface area (Å²) in [6.45, 7) is 4.52. The van der Waals surface area contributed by atoms with Crippen LogP contribution < -0.4 is 15.4 Å². The molecule has 3 heterocycles. The van der Waals surface area contributed by atoms with E-state index in [1.54, 1.807) is 4.90 Å². The third kappa shape index (κ3) is 3.65. The Balaban J connectivity index is 1.24. The molecule has 2 aromatic carbocycles. The van der Waals surface area contributed by atoms with Gasteiger partial charge in [-0.1, -0.05) is 30.3 Å². The van der Waals surface area contributed by atoms with Crippen molar-refractivity contribution >= 4 is 17.5 Å². The highest BCUT2D eigenvalue weighted by Crippen LogP contribution is 2.44. The molecule has 0 radical (unpaired) electrons. The van der Waals surface area contributed by atoms with Gasteiger partial charge in [0.05, 0.1) is 31.1 Å². The number of hydrogen-bond acceptors (Lipinski definition) is 6. The summed E-state index contributed by atoms with van der Waals surface area (Å²) in [7, 11) is 0. The van der Waals surface area contributed by atoms with Crippen molar-refractivity contribution in [2.24, 2.45) is 0 Å². The number of nitrogens with zero attached hydrogens (tertiary/aromatic N) is 2. The molecule has 1 spiro atoms. The van der Waals surface area contributed by atoms with Crippen LogP contribution in [0.1, 0.15) is 17.5 Å². The highest BCUT2D eigenvalue weighted by Gasteiger charge is 2.47. The second-order valence-corrected chi connectivity index (χ2v) is 8.29. The van der Waals surface area contributed by atoms with Gasteiger partial charge in [-0.05, 0) is 11.6 Å². The van der Waals surface area contributed by atoms with Crippen LogP contribution in [-0.4, -0.2) is 56.0 Å². The predicted molar refractivity (Wildman–Crippen MR) is 114 cm³/mol. The number of morpholine rings is 1. The number of ether oxygens (including phenoxy) is 3. The molecule has 1 atom stereocenters. The fourth-order valence-electron chi connectivity index (χ4n) is 4.60. The average Bonchev–Trinajstić information content (AvgIpc) is 3.35. The van der Waals surface area contributed by atoms with E-state index in [0.717, 1.165) is 54.2 Å². The van der Waals surface area contributed by atoms with E-state index in [-0.39, 0.29) is 18.3 Å². The van der Waals surface area contributed by atoms with Crippen LogP contribution in [-0.2, 0) is 22.5 Å². The molecule has 1 amide bonds. The second-order valence-electron chi connectivity index (χ2n) is 8.29. The molecule has 0 bridgehead atoms. The van der Waals surface area contributed by atoms with Crippen LogP contribution in [0.25, 0.3) is 0 Å². The van der Waals surface area contributed by atoms with Gasteiger partial charge in [0.25, 0.3) is 0 Å². The van der Waals surface area contributed by atoms with Crippen molar-refractivity contribution in [3.8, 4) is 5.75 Å². The Morgan fingerprint density at radius 2 is 1.93 bits per heavy atom. The molecule has 30 heavy (non-hydrogen) atoms. The van der Waals surface area contributed by atoms with E-state index in [1.165, 1.54) is 0 Å². The standard InChI is InChI=1S/C23H27N3O4/c24-19-12-18-14-23(30-21(18)13-20(19)25-8-10-28-11-9-25)6-7-26(16-23)22(27)29-15-17-4-2-1-3-5-17/h1-5,12-13H,6-11,14-16,24H2. The van der Waals surface area contributed by atoms with Crippen molar-refractivity contribution in [3.63, 3.8) is 0 Å². The van der Waals surface area contributed by atoms with Gasteiger partial charge in [0.1, 0.15) is 18.0 Å². The van der Waals surface area contributed by atoms with Gasteiger partial charge in [-0.3, -0.25) is 0 Å². The molecule has 3 aliphatic heterocycles. The molecule has 2 fully saturated rings. The van der Waals surface area contributed by atoms with Crippen molar-refractivity contribution in [2.75, 3.05) is 50.0 Å². The lowest BCUT2D eigenvalue weighted by Crippen LogP contribution is -2.39. The van der Waals surface area contributed by atoms with Gasteiger partial charge in [-0.2, -0.15) is 0 Å². The monoisotopic (exact) mass is 409 g/mol. The lowest BCUT2D eigenvalue weighted by molar-refractivity contribution is 0.0789. The van der Waals surface area contributed by atoms with E-state index >= 15 is 0 Å². The van der Waals surface area contributed by atoms with Gasteiger partial charge in [0.2, 0.25) is 0 Å². The molecule has 0 saturated carbocycles. The first-order valence-corrected chi connectivity index (χ1v) is 10.5. The van der Waals surface area contributed by atoms with Crippen LogP contribution in [0, 0.1) is 0 Å². The number of nitrogen functional groups attached to an aromatic ring is 1. The molecule has 2 aromatic rings. The van der Waals surface area contributed by atoms with Gasteiger partial charge in [0, 0.05) is 44.1 Å². The molecule has 7 nitrogen and oxygen atoms in total. The van der Waals surface area contributed by atoms with Gasteiger partial charge in [0.15, 0.2) is 0 Å². The summed E-state index contributed by atoms with van der Waals surface area (Å²) in [4.78, 5) is 16.6. The number of rotatable bonds is 3. The first-order valence-electron chi connectivity index (χ1n) is 10.5. The van der Waals surface area contributed by atoms with Gasteiger partial charge in [-0.25, -0.2) is 4.79 Å². The lowest BCUT2D eigenvalue weighted by atomic mass is 9.96.